The first-order valence-corrected chi connectivity index (χ1v) is 6.53. The molecule has 0 fully saturated rings. The van der Waals surface area contributed by atoms with Crippen LogP contribution in [0.5, 0.6) is 5.75 Å². The highest BCUT2D eigenvalue weighted by Gasteiger charge is 2.12. The molecule has 0 aromatic heterocycles. The predicted molar refractivity (Wildman–Crippen MR) is 76.4 cm³/mol. The van der Waals surface area contributed by atoms with Crippen LogP contribution < -0.4 is 10.5 Å². The van der Waals surface area contributed by atoms with Crippen LogP contribution in [0.3, 0.4) is 0 Å². The number of esters is 1. The largest absolute Gasteiger partial charge is 0.491 e. The Labute approximate surface area is 114 Å². The molecule has 0 atom stereocenters. The summed E-state index contributed by atoms with van der Waals surface area (Å²) in [5.41, 5.74) is 7.00. The average Bonchev–Trinajstić information content (AvgIpc) is 2.30. The van der Waals surface area contributed by atoms with Gasteiger partial charge in [0.2, 0.25) is 0 Å². The van der Waals surface area contributed by atoms with Gasteiger partial charge in [-0.05, 0) is 37.0 Å². The number of carbonyl (C=O) groups excluding carboxylic acids is 1. The van der Waals surface area contributed by atoms with Gasteiger partial charge < -0.3 is 15.2 Å². The van der Waals surface area contributed by atoms with E-state index in [0.29, 0.717) is 30.2 Å². The van der Waals surface area contributed by atoms with Gasteiger partial charge in [-0.1, -0.05) is 20.8 Å². The fourth-order valence-corrected chi connectivity index (χ4v) is 1.49. The quantitative estimate of drug-likeness (QED) is 0.655. The molecule has 0 aliphatic heterocycles. The third-order valence-electron chi connectivity index (χ3n) is 2.63. The third-order valence-corrected chi connectivity index (χ3v) is 2.63. The lowest BCUT2D eigenvalue weighted by molar-refractivity contribution is 0.0526. The Balaban J connectivity index is 2.65. The van der Waals surface area contributed by atoms with Gasteiger partial charge in [0, 0.05) is 0 Å². The van der Waals surface area contributed by atoms with Crippen LogP contribution in [-0.2, 0) is 4.74 Å². The van der Waals surface area contributed by atoms with Crippen molar-refractivity contribution in [2.75, 3.05) is 18.9 Å². The topological polar surface area (TPSA) is 61.5 Å². The first kappa shape index (κ1) is 15.3. The second-order valence-electron chi connectivity index (χ2n) is 5.63. The van der Waals surface area contributed by atoms with Crippen molar-refractivity contribution in [1.29, 1.82) is 0 Å². The lowest BCUT2D eigenvalue weighted by Crippen LogP contribution is -2.12. The molecule has 0 amide bonds. The minimum atomic E-state index is -0.365. The summed E-state index contributed by atoms with van der Waals surface area (Å²) in [6.45, 7) is 9.19. The van der Waals surface area contributed by atoms with E-state index in [1.807, 2.05) is 0 Å². The van der Waals surface area contributed by atoms with E-state index in [-0.39, 0.29) is 11.4 Å². The Morgan fingerprint density at radius 3 is 2.53 bits per heavy atom. The Kier molecular flexibility index (Phi) is 5.21. The molecule has 0 saturated carbocycles. The molecule has 0 spiro atoms. The number of carbonyl (C=O) groups is 1. The van der Waals surface area contributed by atoms with E-state index >= 15 is 0 Å². The van der Waals surface area contributed by atoms with Gasteiger partial charge in [-0.15, -0.1) is 0 Å². The minimum absolute atomic E-state index is 0.222. The van der Waals surface area contributed by atoms with Crippen molar-refractivity contribution in [2.24, 2.45) is 5.41 Å². The second kappa shape index (κ2) is 6.45. The van der Waals surface area contributed by atoms with Crippen LogP contribution in [0.25, 0.3) is 0 Å². The maximum absolute atomic E-state index is 11.5. The molecule has 1 aromatic carbocycles. The van der Waals surface area contributed by atoms with Gasteiger partial charge in [-0.25, -0.2) is 4.79 Å². The summed E-state index contributed by atoms with van der Waals surface area (Å²) >= 11 is 0. The SMILES string of the molecule is CCOC(=O)c1ccc(OCCC(C)(C)C)c(N)c1. The molecule has 4 nitrogen and oxygen atoms in total. The van der Waals surface area contributed by atoms with Gasteiger partial charge >= 0.3 is 5.97 Å². The smallest absolute Gasteiger partial charge is 0.338 e. The summed E-state index contributed by atoms with van der Waals surface area (Å²) in [5, 5.41) is 0. The van der Waals surface area contributed by atoms with E-state index in [4.69, 9.17) is 15.2 Å². The van der Waals surface area contributed by atoms with Crippen molar-refractivity contribution in [2.45, 2.75) is 34.1 Å². The highest BCUT2D eigenvalue weighted by molar-refractivity contribution is 5.91. The fourth-order valence-electron chi connectivity index (χ4n) is 1.49. The molecule has 19 heavy (non-hydrogen) atoms. The van der Waals surface area contributed by atoms with Gasteiger partial charge in [-0.3, -0.25) is 0 Å². The normalized spacial score (nSPS) is 11.2. The molecule has 0 bridgehead atoms. The summed E-state index contributed by atoms with van der Waals surface area (Å²) < 4.78 is 10.5. The molecule has 4 heteroatoms. The lowest BCUT2D eigenvalue weighted by Gasteiger charge is -2.18. The number of hydrogen-bond donors (Lipinski definition) is 1. The van der Waals surface area contributed by atoms with E-state index in [1.165, 1.54) is 0 Å². The number of rotatable bonds is 5. The first-order chi connectivity index (χ1) is 8.83. The highest BCUT2D eigenvalue weighted by Crippen LogP contribution is 2.25. The summed E-state index contributed by atoms with van der Waals surface area (Å²) in [6, 6.07) is 4.97. The third kappa shape index (κ3) is 5.20. The van der Waals surface area contributed by atoms with E-state index in [1.54, 1.807) is 25.1 Å². The van der Waals surface area contributed by atoms with Crippen LogP contribution in [-0.4, -0.2) is 19.2 Å². The first-order valence-electron chi connectivity index (χ1n) is 6.53. The molecule has 0 heterocycles. The van der Waals surface area contributed by atoms with E-state index < -0.39 is 0 Å². The van der Waals surface area contributed by atoms with Gasteiger partial charge in [0.05, 0.1) is 24.5 Å². The van der Waals surface area contributed by atoms with Crippen molar-refractivity contribution in [3.8, 4) is 5.75 Å². The van der Waals surface area contributed by atoms with Crippen molar-refractivity contribution >= 4 is 11.7 Å². The Bertz CT molecular complexity index is 436. The molecule has 1 rings (SSSR count). The summed E-state index contributed by atoms with van der Waals surface area (Å²) in [7, 11) is 0. The zero-order valence-electron chi connectivity index (χ0n) is 12.2. The standard InChI is InChI=1S/C15H23NO3/c1-5-18-14(17)11-6-7-13(12(16)10-11)19-9-8-15(2,3)4/h6-7,10H,5,8-9,16H2,1-4H3. The molecule has 2 N–H and O–H groups in total. The molecule has 0 aliphatic carbocycles. The number of ether oxygens (including phenoxy) is 2. The number of nitrogens with two attached hydrogens (primary N) is 1. The van der Waals surface area contributed by atoms with E-state index in [9.17, 15) is 4.79 Å². The van der Waals surface area contributed by atoms with E-state index in [2.05, 4.69) is 20.8 Å². The van der Waals surface area contributed by atoms with Crippen LogP contribution in [0.1, 0.15) is 44.5 Å². The molecule has 0 saturated heterocycles. The second-order valence-corrected chi connectivity index (χ2v) is 5.63. The number of anilines is 1. The molecular weight excluding hydrogens is 242 g/mol. The minimum Gasteiger partial charge on any atom is -0.491 e. The maximum Gasteiger partial charge on any atom is 0.338 e. The monoisotopic (exact) mass is 265 g/mol. The van der Waals surface area contributed by atoms with Gasteiger partial charge in [0.1, 0.15) is 5.75 Å². The zero-order valence-corrected chi connectivity index (χ0v) is 12.2. The Morgan fingerprint density at radius 1 is 1.32 bits per heavy atom. The van der Waals surface area contributed by atoms with Crippen LogP contribution in [0, 0.1) is 5.41 Å². The molecule has 1 aromatic rings. The van der Waals surface area contributed by atoms with Crippen LogP contribution in [0.4, 0.5) is 5.69 Å². The summed E-state index contributed by atoms with van der Waals surface area (Å²) in [4.78, 5) is 11.5. The zero-order chi connectivity index (χ0) is 14.5. The van der Waals surface area contributed by atoms with Crippen molar-refractivity contribution in [3.05, 3.63) is 23.8 Å². The maximum atomic E-state index is 11.5. The Hall–Kier alpha value is -1.71. The van der Waals surface area contributed by atoms with Crippen molar-refractivity contribution in [3.63, 3.8) is 0 Å². The van der Waals surface area contributed by atoms with Gasteiger partial charge in [0.15, 0.2) is 0 Å². The summed E-state index contributed by atoms with van der Waals surface area (Å²) in [5.74, 6) is 0.243. The van der Waals surface area contributed by atoms with Crippen LogP contribution in [0.2, 0.25) is 0 Å². The number of benzene rings is 1. The summed E-state index contributed by atoms with van der Waals surface area (Å²) in [6.07, 6.45) is 0.937. The van der Waals surface area contributed by atoms with E-state index in [0.717, 1.165) is 6.42 Å². The van der Waals surface area contributed by atoms with Crippen molar-refractivity contribution in [1.82, 2.24) is 0 Å². The lowest BCUT2D eigenvalue weighted by atomic mass is 9.93. The fraction of sp³-hybridized carbons (Fsp3) is 0.533. The van der Waals surface area contributed by atoms with Crippen LogP contribution in [0.15, 0.2) is 18.2 Å². The molecular formula is C15H23NO3. The van der Waals surface area contributed by atoms with Gasteiger partial charge in [-0.2, -0.15) is 0 Å². The highest BCUT2D eigenvalue weighted by atomic mass is 16.5. The number of hydrogen-bond acceptors (Lipinski definition) is 4. The van der Waals surface area contributed by atoms with Crippen LogP contribution >= 0.6 is 0 Å². The molecule has 0 radical (unpaired) electrons. The van der Waals surface area contributed by atoms with Crippen molar-refractivity contribution < 1.29 is 14.3 Å². The Morgan fingerprint density at radius 2 is 2.00 bits per heavy atom. The van der Waals surface area contributed by atoms with Gasteiger partial charge in [0.25, 0.3) is 0 Å². The average molecular weight is 265 g/mol. The predicted octanol–water partition coefficient (Wildman–Crippen LogP) is 3.26. The molecule has 106 valence electrons. The molecule has 0 aliphatic rings. The number of nitrogen functional groups attached to an aromatic ring is 1. The molecule has 0 unspecified atom stereocenters.